The number of piperazine rings is 1. The van der Waals surface area contributed by atoms with E-state index in [-0.39, 0.29) is 17.6 Å². The fourth-order valence-electron chi connectivity index (χ4n) is 3.39. The Balaban J connectivity index is 1.51. The molecule has 1 saturated heterocycles. The van der Waals surface area contributed by atoms with Gasteiger partial charge in [-0.15, -0.1) is 0 Å². The third-order valence-corrected chi connectivity index (χ3v) is 5.09. The summed E-state index contributed by atoms with van der Waals surface area (Å²) in [6.45, 7) is 8.08. The number of nitrogens with zero attached hydrogens (tertiary/aromatic N) is 2. The Morgan fingerprint density at radius 2 is 1.71 bits per heavy atom. The molecule has 3 rings (SSSR count). The van der Waals surface area contributed by atoms with E-state index in [2.05, 4.69) is 10.3 Å². The van der Waals surface area contributed by atoms with Gasteiger partial charge < -0.3 is 15.2 Å². The van der Waals surface area contributed by atoms with Gasteiger partial charge >= 0.3 is 0 Å². The van der Waals surface area contributed by atoms with Crippen molar-refractivity contribution in [2.24, 2.45) is 0 Å². The molecule has 28 heavy (non-hydrogen) atoms. The SMILES string of the molecule is CC(=O)c1c[nH]c(C(=O)N2CCN(CC(=O)Nc3c(C)cccc3C)CC2)c1. The Morgan fingerprint density at radius 1 is 1.07 bits per heavy atom. The van der Waals surface area contributed by atoms with Crippen molar-refractivity contribution in [1.29, 1.82) is 0 Å². The second-order valence-electron chi connectivity index (χ2n) is 7.24. The van der Waals surface area contributed by atoms with Gasteiger partial charge in [0.25, 0.3) is 5.91 Å². The van der Waals surface area contributed by atoms with Crippen molar-refractivity contribution in [1.82, 2.24) is 14.8 Å². The highest BCUT2D eigenvalue weighted by molar-refractivity contribution is 5.99. The molecular weight excluding hydrogens is 356 g/mol. The maximum Gasteiger partial charge on any atom is 0.270 e. The third-order valence-electron chi connectivity index (χ3n) is 5.09. The monoisotopic (exact) mass is 382 g/mol. The van der Waals surface area contributed by atoms with E-state index in [0.717, 1.165) is 16.8 Å². The number of hydrogen-bond acceptors (Lipinski definition) is 4. The average Bonchev–Trinajstić information content (AvgIpc) is 3.15. The molecule has 0 saturated carbocycles. The number of nitrogens with one attached hydrogen (secondary N) is 2. The van der Waals surface area contributed by atoms with Crippen molar-refractivity contribution in [2.75, 3.05) is 38.0 Å². The minimum Gasteiger partial charge on any atom is -0.356 e. The number of benzene rings is 1. The molecule has 2 amide bonds. The molecule has 0 unspecified atom stereocenters. The number of aromatic amines is 1. The largest absolute Gasteiger partial charge is 0.356 e. The number of ketones is 1. The number of anilines is 1. The summed E-state index contributed by atoms with van der Waals surface area (Å²) in [5.74, 6) is -0.241. The minimum atomic E-state index is -0.118. The number of Topliss-reactive ketones (excluding diaryl/α,β-unsaturated/α-hetero) is 1. The number of aromatic nitrogens is 1. The van der Waals surface area contributed by atoms with Gasteiger partial charge in [0, 0.05) is 43.6 Å². The maximum absolute atomic E-state index is 12.6. The molecule has 0 aliphatic carbocycles. The van der Waals surface area contributed by atoms with Gasteiger partial charge in [0.15, 0.2) is 5.78 Å². The van der Waals surface area contributed by atoms with E-state index >= 15 is 0 Å². The van der Waals surface area contributed by atoms with E-state index in [4.69, 9.17) is 0 Å². The Kier molecular flexibility index (Phi) is 5.94. The zero-order chi connectivity index (χ0) is 20.3. The summed E-state index contributed by atoms with van der Waals surface area (Å²) in [5.41, 5.74) is 3.88. The quantitative estimate of drug-likeness (QED) is 0.777. The van der Waals surface area contributed by atoms with Gasteiger partial charge in [-0.1, -0.05) is 18.2 Å². The maximum atomic E-state index is 12.6. The van der Waals surface area contributed by atoms with Crippen LogP contribution in [0, 0.1) is 13.8 Å². The summed E-state index contributed by atoms with van der Waals surface area (Å²) in [7, 11) is 0. The summed E-state index contributed by atoms with van der Waals surface area (Å²) >= 11 is 0. The van der Waals surface area contributed by atoms with E-state index in [0.29, 0.717) is 44.0 Å². The lowest BCUT2D eigenvalue weighted by Gasteiger charge is -2.34. The molecule has 1 aliphatic rings. The lowest BCUT2D eigenvalue weighted by atomic mass is 10.1. The summed E-state index contributed by atoms with van der Waals surface area (Å²) in [5, 5.41) is 3.00. The summed E-state index contributed by atoms with van der Waals surface area (Å²) in [4.78, 5) is 43.0. The first-order valence-corrected chi connectivity index (χ1v) is 9.42. The fraction of sp³-hybridized carbons (Fsp3) is 0.381. The van der Waals surface area contributed by atoms with Crippen molar-refractivity contribution in [2.45, 2.75) is 20.8 Å². The second kappa shape index (κ2) is 8.39. The lowest BCUT2D eigenvalue weighted by molar-refractivity contribution is -0.117. The Hall–Kier alpha value is -2.93. The lowest BCUT2D eigenvalue weighted by Crippen LogP contribution is -2.50. The Bertz CT molecular complexity index is 875. The van der Waals surface area contributed by atoms with Crippen LogP contribution in [-0.2, 0) is 4.79 Å². The second-order valence-corrected chi connectivity index (χ2v) is 7.24. The summed E-state index contributed by atoms with van der Waals surface area (Å²) in [6, 6.07) is 7.52. The fourth-order valence-corrected chi connectivity index (χ4v) is 3.39. The first kappa shape index (κ1) is 19.8. The first-order valence-electron chi connectivity index (χ1n) is 9.42. The van der Waals surface area contributed by atoms with E-state index in [9.17, 15) is 14.4 Å². The smallest absolute Gasteiger partial charge is 0.270 e. The Morgan fingerprint density at radius 3 is 2.29 bits per heavy atom. The van der Waals surface area contributed by atoms with Gasteiger partial charge in [0.05, 0.1) is 6.54 Å². The van der Waals surface area contributed by atoms with Crippen LogP contribution in [0.4, 0.5) is 5.69 Å². The molecule has 7 nitrogen and oxygen atoms in total. The number of H-pyrrole nitrogens is 1. The van der Waals surface area contributed by atoms with Crippen LogP contribution in [0.2, 0.25) is 0 Å². The molecule has 1 aromatic carbocycles. The van der Waals surface area contributed by atoms with Crippen LogP contribution in [-0.4, -0.2) is 65.1 Å². The van der Waals surface area contributed by atoms with E-state index in [1.54, 1.807) is 17.2 Å². The number of rotatable bonds is 5. The highest BCUT2D eigenvalue weighted by Gasteiger charge is 2.24. The van der Waals surface area contributed by atoms with Crippen LogP contribution in [0.5, 0.6) is 0 Å². The molecule has 1 aromatic heterocycles. The number of para-hydroxylation sites is 1. The molecule has 0 radical (unpaired) electrons. The van der Waals surface area contributed by atoms with Gasteiger partial charge in [0.1, 0.15) is 5.69 Å². The van der Waals surface area contributed by atoms with Gasteiger partial charge in [-0.05, 0) is 38.0 Å². The van der Waals surface area contributed by atoms with Crippen LogP contribution < -0.4 is 5.32 Å². The number of aryl methyl sites for hydroxylation is 2. The van der Waals surface area contributed by atoms with Gasteiger partial charge in [-0.2, -0.15) is 0 Å². The van der Waals surface area contributed by atoms with Crippen molar-refractivity contribution >= 4 is 23.3 Å². The van der Waals surface area contributed by atoms with Crippen molar-refractivity contribution in [3.63, 3.8) is 0 Å². The van der Waals surface area contributed by atoms with Gasteiger partial charge in [0.2, 0.25) is 5.91 Å². The molecule has 0 atom stereocenters. The average molecular weight is 382 g/mol. The molecule has 1 aliphatic heterocycles. The van der Waals surface area contributed by atoms with Gasteiger partial charge in [-0.3, -0.25) is 19.3 Å². The van der Waals surface area contributed by atoms with Crippen molar-refractivity contribution < 1.29 is 14.4 Å². The van der Waals surface area contributed by atoms with E-state index in [1.807, 2.05) is 36.9 Å². The Labute approximate surface area is 164 Å². The van der Waals surface area contributed by atoms with E-state index in [1.165, 1.54) is 6.92 Å². The van der Waals surface area contributed by atoms with Crippen molar-refractivity contribution in [3.05, 3.63) is 52.8 Å². The predicted molar refractivity (Wildman–Crippen MR) is 108 cm³/mol. The molecule has 0 bridgehead atoms. The van der Waals surface area contributed by atoms with Crippen molar-refractivity contribution in [3.8, 4) is 0 Å². The van der Waals surface area contributed by atoms with Crippen LogP contribution in [0.25, 0.3) is 0 Å². The number of carbonyl (C=O) groups excluding carboxylic acids is 3. The zero-order valence-electron chi connectivity index (χ0n) is 16.5. The molecule has 7 heteroatoms. The molecule has 0 spiro atoms. The number of hydrogen-bond donors (Lipinski definition) is 2. The number of carbonyl (C=O) groups is 3. The first-order chi connectivity index (χ1) is 13.3. The molecule has 148 valence electrons. The molecule has 2 N–H and O–H groups in total. The molecule has 2 heterocycles. The molecule has 2 aromatic rings. The van der Waals surface area contributed by atoms with E-state index < -0.39 is 0 Å². The highest BCUT2D eigenvalue weighted by Crippen LogP contribution is 2.19. The van der Waals surface area contributed by atoms with Crippen LogP contribution >= 0.6 is 0 Å². The summed E-state index contributed by atoms with van der Waals surface area (Å²) in [6.07, 6.45) is 1.56. The van der Waals surface area contributed by atoms with Gasteiger partial charge in [-0.25, -0.2) is 0 Å². The molecular formula is C21H26N4O3. The molecule has 1 fully saturated rings. The minimum absolute atomic E-state index is 0.0485. The topological polar surface area (TPSA) is 85.5 Å². The normalized spacial score (nSPS) is 14.8. The van der Waals surface area contributed by atoms with Crippen LogP contribution in [0.15, 0.2) is 30.5 Å². The third kappa shape index (κ3) is 4.48. The highest BCUT2D eigenvalue weighted by atomic mass is 16.2. The van der Waals surface area contributed by atoms with Crippen LogP contribution in [0.1, 0.15) is 38.9 Å². The predicted octanol–water partition coefficient (Wildman–Crippen LogP) is 2.23. The standard InChI is InChI=1S/C21H26N4O3/c1-14-5-4-6-15(2)20(14)23-19(27)13-24-7-9-25(10-8-24)21(28)18-11-17(12-22-18)16(3)26/h4-6,11-12,22H,7-10,13H2,1-3H3,(H,23,27). The summed E-state index contributed by atoms with van der Waals surface area (Å²) < 4.78 is 0. The number of amides is 2. The zero-order valence-corrected chi connectivity index (χ0v) is 16.5. The van der Waals surface area contributed by atoms with Crippen LogP contribution in [0.3, 0.4) is 0 Å².